The number of hydrogen-bond acceptors (Lipinski definition) is 3. The van der Waals surface area contributed by atoms with Crippen LogP contribution in [0.3, 0.4) is 0 Å². The van der Waals surface area contributed by atoms with Gasteiger partial charge in [0, 0.05) is 20.3 Å². The molecule has 0 saturated carbocycles. The van der Waals surface area contributed by atoms with Crippen molar-refractivity contribution in [2.24, 2.45) is 11.8 Å². The summed E-state index contributed by atoms with van der Waals surface area (Å²) < 4.78 is 5.04. The molecule has 0 spiro atoms. The van der Waals surface area contributed by atoms with Crippen molar-refractivity contribution >= 4 is 11.8 Å². The largest absolute Gasteiger partial charge is 0.385 e. The monoisotopic (exact) mass is 298 g/mol. The van der Waals surface area contributed by atoms with Crippen LogP contribution in [0.5, 0.6) is 0 Å². The van der Waals surface area contributed by atoms with E-state index < -0.39 is 0 Å². The van der Waals surface area contributed by atoms with Crippen LogP contribution >= 0.6 is 0 Å². The van der Waals surface area contributed by atoms with Gasteiger partial charge in [-0.2, -0.15) is 0 Å². The van der Waals surface area contributed by atoms with E-state index in [1.54, 1.807) is 12.0 Å². The normalized spacial score (nSPS) is 23.1. The lowest BCUT2D eigenvalue weighted by Crippen LogP contribution is -2.66. The number of nitrogens with zero attached hydrogens (tertiary/aromatic N) is 1. The Bertz CT molecular complexity index is 355. The molecule has 2 atom stereocenters. The van der Waals surface area contributed by atoms with E-state index in [0.717, 1.165) is 25.9 Å². The van der Waals surface area contributed by atoms with Gasteiger partial charge in [0.1, 0.15) is 12.1 Å². The lowest BCUT2D eigenvalue weighted by molar-refractivity contribution is -0.152. The molecule has 122 valence electrons. The molecule has 1 saturated heterocycles. The highest BCUT2D eigenvalue weighted by atomic mass is 16.5. The Labute approximate surface area is 128 Å². The Morgan fingerprint density at radius 2 is 1.76 bits per heavy atom. The zero-order valence-electron chi connectivity index (χ0n) is 14.0. The Kier molecular flexibility index (Phi) is 7.15. The van der Waals surface area contributed by atoms with Gasteiger partial charge in [0.2, 0.25) is 11.8 Å². The third kappa shape index (κ3) is 4.70. The first kappa shape index (κ1) is 18.0. The standard InChI is InChI=1S/C16H30N2O3/c1-11(2)13-16(20)18(9-7-6-8-10-21-5)14(12(3)4)15(19)17-13/h11-14H,6-10H2,1-5H3,(H,17,19). The summed E-state index contributed by atoms with van der Waals surface area (Å²) in [6.45, 7) is 9.32. The molecule has 0 aliphatic carbocycles. The molecule has 0 aromatic heterocycles. The Hall–Kier alpha value is -1.10. The second-order valence-corrected chi connectivity index (χ2v) is 6.50. The topological polar surface area (TPSA) is 58.6 Å². The van der Waals surface area contributed by atoms with Crippen LogP contribution in [-0.2, 0) is 14.3 Å². The van der Waals surface area contributed by atoms with Gasteiger partial charge in [-0.1, -0.05) is 27.7 Å². The van der Waals surface area contributed by atoms with Crippen molar-refractivity contribution in [3.8, 4) is 0 Å². The Balaban J connectivity index is 2.71. The molecule has 2 unspecified atom stereocenters. The van der Waals surface area contributed by atoms with Gasteiger partial charge in [-0.25, -0.2) is 0 Å². The molecule has 5 heteroatoms. The molecule has 1 aliphatic heterocycles. The number of unbranched alkanes of at least 4 members (excludes halogenated alkanes) is 2. The molecule has 2 amide bonds. The molecule has 1 aliphatic rings. The molecular weight excluding hydrogens is 268 g/mol. The molecule has 0 aromatic carbocycles. The highest BCUT2D eigenvalue weighted by molar-refractivity contribution is 5.97. The average Bonchev–Trinajstić information content (AvgIpc) is 2.40. The molecule has 1 rings (SSSR count). The van der Waals surface area contributed by atoms with E-state index in [0.29, 0.717) is 6.54 Å². The van der Waals surface area contributed by atoms with Gasteiger partial charge < -0.3 is 15.0 Å². The fourth-order valence-corrected chi connectivity index (χ4v) is 2.83. The van der Waals surface area contributed by atoms with Crippen LogP contribution in [0.1, 0.15) is 47.0 Å². The lowest BCUT2D eigenvalue weighted by Gasteiger charge is -2.42. The maximum absolute atomic E-state index is 12.6. The third-order valence-corrected chi connectivity index (χ3v) is 4.00. The van der Waals surface area contributed by atoms with E-state index >= 15 is 0 Å². The first-order chi connectivity index (χ1) is 9.90. The van der Waals surface area contributed by atoms with Crippen molar-refractivity contribution in [2.75, 3.05) is 20.3 Å². The Morgan fingerprint density at radius 3 is 2.29 bits per heavy atom. The van der Waals surface area contributed by atoms with Crippen molar-refractivity contribution in [2.45, 2.75) is 59.0 Å². The first-order valence-electron chi connectivity index (χ1n) is 8.00. The second-order valence-electron chi connectivity index (χ2n) is 6.50. The minimum atomic E-state index is -0.383. The van der Waals surface area contributed by atoms with Crippen molar-refractivity contribution in [3.63, 3.8) is 0 Å². The summed E-state index contributed by atoms with van der Waals surface area (Å²) in [6.07, 6.45) is 2.91. The number of piperazine rings is 1. The van der Waals surface area contributed by atoms with Gasteiger partial charge in [-0.05, 0) is 31.1 Å². The smallest absolute Gasteiger partial charge is 0.246 e. The van der Waals surface area contributed by atoms with Gasteiger partial charge in [-0.3, -0.25) is 9.59 Å². The number of carbonyl (C=O) groups is 2. The van der Waals surface area contributed by atoms with E-state index in [9.17, 15) is 9.59 Å². The van der Waals surface area contributed by atoms with E-state index in [-0.39, 0.29) is 35.7 Å². The Morgan fingerprint density at radius 1 is 1.10 bits per heavy atom. The maximum Gasteiger partial charge on any atom is 0.246 e. The van der Waals surface area contributed by atoms with Gasteiger partial charge in [0.15, 0.2) is 0 Å². The van der Waals surface area contributed by atoms with Crippen LogP contribution in [0.15, 0.2) is 0 Å². The number of nitrogens with one attached hydrogen (secondary N) is 1. The molecule has 1 fully saturated rings. The minimum Gasteiger partial charge on any atom is -0.385 e. The van der Waals surface area contributed by atoms with Crippen LogP contribution in [0.25, 0.3) is 0 Å². The van der Waals surface area contributed by atoms with E-state index in [1.165, 1.54) is 0 Å². The summed E-state index contributed by atoms with van der Waals surface area (Å²) >= 11 is 0. The van der Waals surface area contributed by atoms with E-state index in [2.05, 4.69) is 5.32 Å². The average molecular weight is 298 g/mol. The highest BCUT2D eigenvalue weighted by Crippen LogP contribution is 2.21. The van der Waals surface area contributed by atoms with Gasteiger partial charge in [-0.15, -0.1) is 0 Å². The van der Waals surface area contributed by atoms with Crippen LogP contribution in [0, 0.1) is 11.8 Å². The number of rotatable bonds is 8. The predicted octanol–water partition coefficient (Wildman–Crippen LogP) is 1.81. The van der Waals surface area contributed by atoms with Gasteiger partial charge >= 0.3 is 0 Å². The van der Waals surface area contributed by atoms with Crippen LogP contribution in [0.2, 0.25) is 0 Å². The van der Waals surface area contributed by atoms with E-state index in [4.69, 9.17) is 4.74 Å². The third-order valence-electron chi connectivity index (χ3n) is 4.00. The summed E-state index contributed by atoms with van der Waals surface area (Å²) in [4.78, 5) is 26.7. The molecule has 0 radical (unpaired) electrons. The SMILES string of the molecule is COCCCCCN1C(=O)C(C(C)C)NC(=O)C1C(C)C. The first-order valence-corrected chi connectivity index (χ1v) is 8.00. The number of methoxy groups -OCH3 is 1. The summed E-state index contributed by atoms with van der Waals surface area (Å²) in [7, 11) is 1.69. The van der Waals surface area contributed by atoms with Crippen molar-refractivity contribution in [3.05, 3.63) is 0 Å². The highest BCUT2D eigenvalue weighted by Gasteiger charge is 2.42. The van der Waals surface area contributed by atoms with Crippen LogP contribution < -0.4 is 5.32 Å². The molecule has 21 heavy (non-hydrogen) atoms. The number of ether oxygens (including phenoxy) is 1. The summed E-state index contributed by atoms with van der Waals surface area (Å²) in [5, 5.41) is 2.89. The zero-order valence-corrected chi connectivity index (χ0v) is 14.0. The van der Waals surface area contributed by atoms with Gasteiger partial charge in [0.05, 0.1) is 0 Å². The zero-order chi connectivity index (χ0) is 16.0. The summed E-state index contributed by atoms with van der Waals surface area (Å²) in [6, 6.07) is -0.721. The summed E-state index contributed by atoms with van der Waals surface area (Å²) in [5.41, 5.74) is 0. The lowest BCUT2D eigenvalue weighted by atomic mass is 9.92. The molecule has 1 heterocycles. The van der Waals surface area contributed by atoms with Crippen LogP contribution in [0.4, 0.5) is 0 Å². The fourth-order valence-electron chi connectivity index (χ4n) is 2.83. The van der Waals surface area contributed by atoms with Crippen molar-refractivity contribution < 1.29 is 14.3 Å². The fraction of sp³-hybridized carbons (Fsp3) is 0.875. The van der Waals surface area contributed by atoms with Gasteiger partial charge in [0.25, 0.3) is 0 Å². The molecule has 5 nitrogen and oxygen atoms in total. The molecule has 1 N–H and O–H groups in total. The number of amides is 2. The molecule has 0 aromatic rings. The molecule has 0 bridgehead atoms. The maximum atomic E-state index is 12.6. The minimum absolute atomic E-state index is 0.0137. The predicted molar refractivity (Wildman–Crippen MR) is 82.8 cm³/mol. The van der Waals surface area contributed by atoms with Crippen molar-refractivity contribution in [1.82, 2.24) is 10.2 Å². The summed E-state index contributed by atoms with van der Waals surface area (Å²) in [5.74, 6) is 0.293. The van der Waals surface area contributed by atoms with E-state index in [1.807, 2.05) is 27.7 Å². The quantitative estimate of drug-likeness (QED) is 0.695. The van der Waals surface area contributed by atoms with Crippen molar-refractivity contribution in [1.29, 1.82) is 0 Å². The van der Waals surface area contributed by atoms with Crippen LogP contribution in [-0.4, -0.2) is 49.1 Å². The molecular formula is C16H30N2O3. The number of carbonyl (C=O) groups excluding carboxylic acids is 2. The number of hydrogen-bond donors (Lipinski definition) is 1. The second kappa shape index (κ2) is 8.37.